The molecule has 0 aliphatic heterocycles. The van der Waals surface area contributed by atoms with Crippen molar-refractivity contribution in [2.24, 2.45) is 0 Å². The van der Waals surface area contributed by atoms with E-state index in [4.69, 9.17) is 0 Å². The topological polar surface area (TPSA) is 29.1 Å². The van der Waals surface area contributed by atoms with Crippen molar-refractivity contribution in [2.45, 2.75) is 34.1 Å². The first-order valence-corrected chi connectivity index (χ1v) is 6.24. The number of hydrogen-bond donors (Lipinski definition) is 1. The lowest BCUT2D eigenvalue weighted by atomic mass is 10.3. The van der Waals surface area contributed by atoms with E-state index in [0.29, 0.717) is 0 Å². The molecule has 0 heterocycles. The second kappa shape index (κ2) is 13.5. The number of carbonyl (C=O) groups excluding carboxylic acids is 1. The number of likely N-dealkylation sites (N-methyl/N-ethyl adjacent to an activating group) is 1. The van der Waals surface area contributed by atoms with Gasteiger partial charge in [0.25, 0.3) is 0 Å². The van der Waals surface area contributed by atoms with Gasteiger partial charge in [0.05, 0.1) is 26.2 Å². The molecule has 1 N–H and O–H groups in total. The molecule has 104 valence electrons. The molecule has 0 unspecified atom stereocenters. The highest BCUT2D eigenvalue weighted by Crippen LogP contribution is 2.06. The standard InChI is InChI=1S/C9H22N.C4H7NO.ClH/c1-5-9-10(6-2,7-3)8-4;1-3-4(6)5-2;/h5-9H2,1-4H3;3H,1H2,2H3,(H,5,6);1H/q+1;;/p-1. The van der Waals surface area contributed by atoms with Crippen LogP contribution in [0.5, 0.6) is 0 Å². The number of nitrogens with zero attached hydrogens (tertiary/aromatic N) is 1. The van der Waals surface area contributed by atoms with Gasteiger partial charge < -0.3 is 22.2 Å². The molecular weight excluding hydrogens is 236 g/mol. The first-order valence-electron chi connectivity index (χ1n) is 6.24. The summed E-state index contributed by atoms with van der Waals surface area (Å²) >= 11 is 0. The molecule has 0 fully saturated rings. The van der Waals surface area contributed by atoms with Crippen molar-refractivity contribution in [3.8, 4) is 0 Å². The van der Waals surface area contributed by atoms with Crippen LogP contribution in [0.25, 0.3) is 0 Å². The first kappa shape index (κ1) is 21.7. The summed E-state index contributed by atoms with van der Waals surface area (Å²) in [6, 6.07) is 0. The maximum Gasteiger partial charge on any atom is 0.243 e. The zero-order chi connectivity index (χ0) is 13.0. The lowest BCUT2D eigenvalue weighted by Gasteiger charge is -2.35. The van der Waals surface area contributed by atoms with Crippen molar-refractivity contribution in [3.63, 3.8) is 0 Å². The Morgan fingerprint density at radius 1 is 1.18 bits per heavy atom. The molecule has 0 bridgehead atoms. The molecule has 0 spiro atoms. The Balaban J connectivity index is -0.000000244. The third-order valence-corrected chi connectivity index (χ3v) is 3.14. The number of nitrogens with one attached hydrogen (secondary N) is 1. The Bertz CT molecular complexity index is 184. The Morgan fingerprint density at radius 2 is 1.59 bits per heavy atom. The fourth-order valence-electron chi connectivity index (χ4n) is 1.72. The van der Waals surface area contributed by atoms with Gasteiger partial charge in [-0.2, -0.15) is 0 Å². The zero-order valence-corrected chi connectivity index (χ0v) is 12.8. The predicted octanol–water partition coefficient (Wildman–Crippen LogP) is -0.805. The summed E-state index contributed by atoms with van der Waals surface area (Å²) in [5, 5.41) is 2.36. The molecule has 4 heteroatoms. The average Bonchev–Trinajstić information content (AvgIpc) is 2.36. The minimum Gasteiger partial charge on any atom is -1.00 e. The number of rotatable bonds is 6. The van der Waals surface area contributed by atoms with E-state index in [9.17, 15) is 4.79 Å². The van der Waals surface area contributed by atoms with Crippen LogP contribution in [0.3, 0.4) is 0 Å². The van der Waals surface area contributed by atoms with E-state index in [0.717, 1.165) is 0 Å². The van der Waals surface area contributed by atoms with Crippen molar-refractivity contribution >= 4 is 5.91 Å². The molecule has 0 aromatic rings. The second-order valence-corrected chi connectivity index (χ2v) is 3.83. The van der Waals surface area contributed by atoms with E-state index in [1.165, 1.54) is 43.2 Å². The SMILES string of the molecule is C=CC(=O)NC.CCC[N+](CC)(CC)CC.[Cl-]. The zero-order valence-electron chi connectivity index (χ0n) is 12.1. The summed E-state index contributed by atoms with van der Waals surface area (Å²) in [4.78, 5) is 9.95. The molecule has 0 aliphatic carbocycles. The number of hydrogen-bond acceptors (Lipinski definition) is 1. The van der Waals surface area contributed by atoms with Gasteiger partial charge in [-0.15, -0.1) is 0 Å². The summed E-state index contributed by atoms with van der Waals surface area (Å²) in [7, 11) is 1.56. The van der Waals surface area contributed by atoms with Crippen molar-refractivity contribution in [1.29, 1.82) is 0 Å². The molecular formula is C13H29ClN2O. The smallest absolute Gasteiger partial charge is 0.243 e. The summed E-state index contributed by atoms with van der Waals surface area (Å²) in [6.45, 7) is 17.6. The Kier molecular flexibility index (Phi) is 17.3. The maximum absolute atomic E-state index is 9.95. The largest absolute Gasteiger partial charge is 1.00 e. The molecule has 0 aromatic carbocycles. The van der Waals surface area contributed by atoms with Crippen LogP contribution in [0.4, 0.5) is 0 Å². The van der Waals surface area contributed by atoms with Gasteiger partial charge in [0.15, 0.2) is 0 Å². The quantitative estimate of drug-likeness (QED) is 0.494. The highest BCUT2D eigenvalue weighted by molar-refractivity contribution is 5.86. The molecule has 1 amide bonds. The minimum atomic E-state index is -0.144. The van der Waals surface area contributed by atoms with Crippen LogP contribution in [0.2, 0.25) is 0 Å². The molecule has 0 aliphatic rings. The molecule has 0 radical (unpaired) electrons. The first-order chi connectivity index (χ1) is 7.55. The maximum atomic E-state index is 9.95. The molecule has 0 rings (SSSR count). The third-order valence-electron chi connectivity index (χ3n) is 3.14. The van der Waals surface area contributed by atoms with Gasteiger partial charge >= 0.3 is 0 Å². The molecule has 17 heavy (non-hydrogen) atoms. The molecule has 0 saturated heterocycles. The van der Waals surface area contributed by atoms with E-state index in [1.807, 2.05) is 0 Å². The fraction of sp³-hybridized carbons (Fsp3) is 0.769. The molecule has 0 atom stereocenters. The number of amides is 1. The van der Waals surface area contributed by atoms with E-state index < -0.39 is 0 Å². The highest BCUT2D eigenvalue weighted by Gasteiger charge is 2.17. The van der Waals surface area contributed by atoms with E-state index in [1.54, 1.807) is 7.05 Å². The minimum absolute atomic E-state index is 0. The number of quaternary nitrogens is 1. The van der Waals surface area contributed by atoms with Crippen LogP contribution in [0.15, 0.2) is 12.7 Å². The lowest BCUT2D eigenvalue weighted by molar-refractivity contribution is -0.923. The van der Waals surface area contributed by atoms with Gasteiger partial charge in [-0.1, -0.05) is 13.5 Å². The Morgan fingerprint density at radius 3 is 1.65 bits per heavy atom. The van der Waals surface area contributed by atoms with Crippen LogP contribution in [-0.2, 0) is 4.79 Å². The van der Waals surface area contributed by atoms with Crippen LogP contribution in [0.1, 0.15) is 34.1 Å². The number of halogens is 1. The predicted molar refractivity (Wildman–Crippen MR) is 71.3 cm³/mol. The summed E-state index contributed by atoms with van der Waals surface area (Å²) in [5.74, 6) is -0.144. The van der Waals surface area contributed by atoms with Crippen molar-refractivity contribution in [2.75, 3.05) is 33.2 Å². The van der Waals surface area contributed by atoms with Crippen LogP contribution in [-0.4, -0.2) is 43.6 Å². The highest BCUT2D eigenvalue weighted by atomic mass is 35.5. The summed E-state index contributed by atoms with van der Waals surface area (Å²) < 4.78 is 1.30. The Hall–Kier alpha value is -0.540. The molecule has 3 nitrogen and oxygen atoms in total. The monoisotopic (exact) mass is 264 g/mol. The van der Waals surface area contributed by atoms with Crippen LogP contribution >= 0.6 is 0 Å². The third kappa shape index (κ3) is 10.3. The van der Waals surface area contributed by atoms with Gasteiger partial charge in [0, 0.05) is 7.05 Å². The number of carbonyl (C=O) groups is 1. The van der Waals surface area contributed by atoms with E-state index in [-0.39, 0.29) is 18.3 Å². The normalized spacial score (nSPS) is 9.47. The van der Waals surface area contributed by atoms with Gasteiger partial charge in [-0.05, 0) is 33.3 Å². The van der Waals surface area contributed by atoms with E-state index in [2.05, 4.69) is 39.6 Å². The van der Waals surface area contributed by atoms with Gasteiger partial charge in [-0.25, -0.2) is 0 Å². The second-order valence-electron chi connectivity index (χ2n) is 3.83. The van der Waals surface area contributed by atoms with E-state index >= 15 is 0 Å². The van der Waals surface area contributed by atoms with Crippen molar-refractivity contribution in [1.82, 2.24) is 5.32 Å². The summed E-state index contributed by atoms with van der Waals surface area (Å²) in [6.07, 6.45) is 2.54. The van der Waals surface area contributed by atoms with Gasteiger partial charge in [-0.3, -0.25) is 4.79 Å². The molecule has 0 aromatic heterocycles. The average molecular weight is 265 g/mol. The van der Waals surface area contributed by atoms with Gasteiger partial charge in [0.2, 0.25) is 5.91 Å². The van der Waals surface area contributed by atoms with Gasteiger partial charge in [0.1, 0.15) is 0 Å². The lowest BCUT2D eigenvalue weighted by Crippen LogP contribution is -3.00. The van der Waals surface area contributed by atoms with Crippen LogP contribution in [0, 0.1) is 0 Å². The Labute approximate surface area is 113 Å². The fourth-order valence-corrected chi connectivity index (χ4v) is 1.72. The summed E-state index contributed by atoms with van der Waals surface area (Å²) in [5.41, 5.74) is 0. The van der Waals surface area contributed by atoms with Crippen LogP contribution < -0.4 is 17.7 Å². The van der Waals surface area contributed by atoms with Crippen molar-refractivity contribution < 1.29 is 21.7 Å². The van der Waals surface area contributed by atoms with Crippen molar-refractivity contribution in [3.05, 3.63) is 12.7 Å². The molecule has 0 saturated carbocycles.